The Bertz CT molecular complexity index is 1050. The van der Waals surface area contributed by atoms with E-state index in [2.05, 4.69) is 31.8 Å². The van der Waals surface area contributed by atoms with Crippen molar-refractivity contribution in [2.45, 2.75) is 33.2 Å². The van der Waals surface area contributed by atoms with Crippen molar-refractivity contribution in [3.63, 3.8) is 0 Å². The largest absolute Gasteiger partial charge is 0.507 e. The van der Waals surface area contributed by atoms with Gasteiger partial charge in [-0.15, -0.1) is 0 Å². The van der Waals surface area contributed by atoms with Crippen LogP contribution in [-0.4, -0.2) is 28.4 Å². The van der Waals surface area contributed by atoms with Crippen molar-refractivity contribution in [3.05, 3.63) is 52.5 Å². The fourth-order valence-corrected chi connectivity index (χ4v) is 3.03. The van der Waals surface area contributed by atoms with Crippen LogP contribution in [0.5, 0.6) is 0 Å². The number of fused-ring (bicyclic) bond motifs is 5. The van der Waals surface area contributed by atoms with Crippen molar-refractivity contribution in [2.24, 2.45) is 10.9 Å². The number of nitrogens with zero attached hydrogens (tertiary/aromatic N) is 2. The first-order valence-corrected chi connectivity index (χ1v) is 8.69. The zero-order valence-corrected chi connectivity index (χ0v) is 15.4. The molecule has 0 radical (unpaired) electrons. The summed E-state index contributed by atoms with van der Waals surface area (Å²) in [4.78, 5) is 15.4. The highest BCUT2D eigenvalue weighted by atomic mass is 16.4. The molecule has 1 aliphatic carbocycles. The van der Waals surface area contributed by atoms with E-state index in [4.69, 9.17) is 14.8 Å². The van der Waals surface area contributed by atoms with Gasteiger partial charge in [-0.05, 0) is 30.2 Å². The maximum Gasteiger partial charge on any atom is 0.341 e. The van der Waals surface area contributed by atoms with E-state index in [1.807, 2.05) is 6.07 Å². The molecule has 2 aliphatic rings. The number of nitriles is 1. The topological polar surface area (TPSA) is 107 Å². The van der Waals surface area contributed by atoms with E-state index in [1.165, 1.54) is 12.3 Å². The van der Waals surface area contributed by atoms with E-state index in [1.54, 1.807) is 12.1 Å². The van der Waals surface area contributed by atoms with Crippen LogP contribution in [0.2, 0.25) is 0 Å². The first kappa shape index (κ1) is 18.5. The molecule has 0 amide bonds. The third-order valence-electron chi connectivity index (χ3n) is 4.12. The van der Waals surface area contributed by atoms with Gasteiger partial charge in [-0.1, -0.05) is 20.8 Å². The maximum absolute atomic E-state index is 11.1. The molecule has 0 fully saturated rings. The summed E-state index contributed by atoms with van der Waals surface area (Å²) in [6, 6.07) is 7.02. The number of aliphatic imine (C=N–C) groups is 1. The molecular formula is C21H20N2O4. The second-order valence-electron chi connectivity index (χ2n) is 7.17. The number of rotatable bonds is 1. The van der Waals surface area contributed by atoms with Gasteiger partial charge in [0, 0.05) is 29.2 Å². The predicted octanol–water partition coefficient (Wildman–Crippen LogP) is 4.26. The molecule has 1 atom stereocenters. The number of allylic oxidation sites excluding steroid dienone is 1. The Balaban J connectivity index is 0.000000481. The molecule has 1 unspecified atom stereocenters. The number of hydrogen-bond donors (Lipinski definition) is 2. The highest BCUT2D eigenvalue weighted by Gasteiger charge is 2.34. The Morgan fingerprint density at radius 2 is 2.07 bits per heavy atom. The van der Waals surface area contributed by atoms with Crippen molar-refractivity contribution in [2.75, 3.05) is 0 Å². The van der Waals surface area contributed by atoms with Gasteiger partial charge in [0.15, 0.2) is 0 Å². The molecule has 1 aliphatic heterocycles. The monoisotopic (exact) mass is 364 g/mol. The number of aliphatic carboxylic acids is 1. The number of furan rings is 1. The van der Waals surface area contributed by atoms with Gasteiger partial charge in [0.05, 0.1) is 17.7 Å². The van der Waals surface area contributed by atoms with E-state index in [-0.39, 0.29) is 17.4 Å². The number of benzene rings is 1. The predicted molar refractivity (Wildman–Crippen MR) is 103 cm³/mol. The van der Waals surface area contributed by atoms with Gasteiger partial charge >= 0.3 is 5.97 Å². The molecule has 0 saturated heterocycles. The number of carbonyl (C=O) groups is 1. The van der Waals surface area contributed by atoms with Gasteiger partial charge < -0.3 is 14.6 Å². The van der Waals surface area contributed by atoms with Crippen molar-refractivity contribution in [1.82, 2.24) is 0 Å². The van der Waals surface area contributed by atoms with E-state index < -0.39 is 5.97 Å². The molecule has 6 nitrogen and oxygen atoms in total. The summed E-state index contributed by atoms with van der Waals surface area (Å²) in [5.41, 5.74) is 2.48. The lowest BCUT2D eigenvalue weighted by atomic mass is 10.1. The van der Waals surface area contributed by atoms with Gasteiger partial charge in [-0.2, -0.15) is 5.26 Å². The Labute approximate surface area is 156 Å². The van der Waals surface area contributed by atoms with Crippen LogP contribution in [-0.2, 0) is 11.2 Å². The number of aliphatic hydroxyl groups is 1. The van der Waals surface area contributed by atoms with Gasteiger partial charge in [0.2, 0.25) is 0 Å². The Kier molecular flexibility index (Phi) is 4.87. The van der Waals surface area contributed by atoms with Crippen LogP contribution >= 0.6 is 0 Å². The molecule has 6 heteroatoms. The molecule has 27 heavy (non-hydrogen) atoms. The summed E-state index contributed by atoms with van der Waals surface area (Å²) in [5.74, 6) is -0.147. The molecule has 1 aromatic heterocycles. The number of carboxylic acid groups (broad SMARTS) is 1. The lowest BCUT2D eigenvalue weighted by Gasteiger charge is -2.04. The summed E-state index contributed by atoms with van der Waals surface area (Å²) < 4.78 is 5.85. The fraction of sp³-hybridized carbons (Fsp3) is 0.286. The molecule has 2 heterocycles. The third kappa shape index (κ3) is 3.49. The number of carboxylic acids is 1. The lowest BCUT2D eigenvalue weighted by molar-refractivity contribution is -0.132. The van der Waals surface area contributed by atoms with Gasteiger partial charge in [-0.3, -0.25) is 4.99 Å². The van der Waals surface area contributed by atoms with Gasteiger partial charge in [0.25, 0.3) is 0 Å². The first-order chi connectivity index (χ1) is 12.8. The van der Waals surface area contributed by atoms with E-state index in [0.29, 0.717) is 28.9 Å². The maximum atomic E-state index is 11.1. The zero-order chi connectivity index (χ0) is 19.7. The van der Waals surface area contributed by atoms with Crippen molar-refractivity contribution < 1.29 is 19.4 Å². The van der Waals surface area contributed by atoms with E-state index >= 15 is 0 Å². The molecule has 4 rings (SSSR count). The van der Waals surface area contributed by atoms with Crippen molar-refractivity contribution in [3.8, 4) is 6.07 Å². The standard InChI is InChI=1S/C17H10N2O4.C4H10/c18-6-8-1-2-9-10-4-13-11(16(10)23-15(9)3-8)5-14(20)12(7-19-13)17(21)22;1-4(2)3/h1-3,5,7,13,20H,4H2,(H,21,22);4H,1-3H3. The quantitative estimate of drug-likeness (QED) is 0.786. The molecule has 2 aromatic rings. The SMILES string of the molecule is CC(C)C.N#Cc1ccc2c3c(oc2c1)C1=CC(O)=C(C(=O)O)C=NC1C3. The molecule has 0 saturated carbocycles. The van der Waals surface area contributed by atoms with Crippen molar-refractivity contribution >= 4 is 28.7 Å². The average molecular weight is 364 g/mol. The average Bonchev–Trinajstić information content (AvgIpc) is 3.04. The van der Waals surface area contributed by atoms with Crippen LogP contribution in [0.4, 0.5) is 0 Å². The summed E-state index contributed by atoms with van der Waals surface area (Å²) in [6.45, 7) is 6.50. The number of aliphatic hydroxyl groups excluding tert-OH is 1. The molecule has 138 valence electrons. The molecular weight excluding hydrogens is 344 g/mol. The summed E-state index contributed by atoms with van der Waals surface area (Å²) >= 11 is 0. The van der Waals surface area contributed by atoms with Gasteiger partial charge in [0.1, 0.15) is 22.7 Å². The Hall–Kier alpha value is -3.33. The van der Waals surface area contributed by atoms with Crippen LogP contribution < -0.4 is 0 Å². The fourth-order valence-electron chi connectivity index (χ4n) is 3.03. The van der Waals surface area contributed by atoms with Crippen LogP contribution in [0.25, 0.3) is 16.5 Å². The minimum Gasteiger partial charge on any atom is -0.507 e. The second-order valence-corrected chi connectivity index (χ2v) is 7.17. The van der Waals surface area contributed by atoms with Crippen LogP contribution in [0.15, 0.2) is 45.0 Å². The van der Waals surface area contributed by atoms with Gasteiger partial charge in [-0.25, -0.2) is 4.79 Å². The van der Waals surface area contributed by atoms with E-state index in [0.717, 1.165) is 16.9 Å². The third-order valence-corrected chi connectivity index (χ3v) is 4.12. The smallest absolute Gasteiger partial charge is 0.341 e. The summed E-state index contributed by atoms with van der Waals surface area (Å²) in [6.07, 6.45) is 3.16. The Morgan fingerprint density at radius 3 is 2.70 bits per heavy atom. The van der Waals surface area contributed by atoms with Crippen LogP contribution in [0, 0.1) is 17.2 Å². The molecule has 2 N–H and O–H groups in total. The lowest BCUT2D eigenvalue weighted by Crippen LogP contribution is -2.06. The summed E-state index contributed by atoms with van der Waals surface area (Å²) in [5, 5.41) is 28.9. The second kappa shape index (κ2) is 7.12. The molecule has 0 bridgehead atoms. The Morgan fingerprint density at radius 1 is 1.37 bits per heavy atom. The molecule has 1 aromatic carbocycles. The first-order valence-electron chi connectivity index (χ1n) is 8.69. The highest BCUT2D eigenvalue weighted by Crippen LogP contribution is 2.42. The minimum atomic E-state index is -1.23. The summed E-state index contributed by atoms with van der Waals surface area (Å²) in [7, 11) is 0. The van der Waals surface area contributed by atoms with Crippen LogP contribution in [0.1, 0.15) is 37.7 Å². The highest BCUT2D eigenvalue weighted by molar-refractivity contribution is 6.10. The van der Waals surface area contributed by atoms with E-state index in [9.17, 15) is 9.90 Å². The normalized spacial score (nSPS) is 17.6. The molecule has 0 spiro atoms. The van der Waals surface area contributed by atoms with Crippen molar-refractivity contribution in [1.29, 1.82) is 5.26 Å². The number of hydrogen-bond acceptors (Lipinski definition) is 5. The zero-order valence-electron chi connectivity index (χ0n) is 15.4. The minimum absolute atomic E-state index is 0.240. The van der Waals surface area contributed by atoms with Crippen LogP contribution in [0.3, 0.4) is 0 Å².